The molecule has 0 bridgehead atoms. The van der Waals surface area contributed by atoms with Gasteiger partial charge in [0.05, 0.1) is 0 Å². The van der Waals surface area contributed by atoms with Crippen molar-refractivity contribution in [3.8, 4) is 0 Å². The van der Waals surface area contributed by atoms with E-state index >= 15 is 0 Å². The van der Waals surface area contributed by atoms with Crippen molar-refractivity contribution in [3.63, 3.8) is 0 Å². The van der Waals surface area contributed by atoms with E-state index in [1.165, 1.54) is 45.1 Å². The topological polar surface area (TPSA) is 12.0 Å². The van der Waals surface area contributed by atoms with Gasteiger partial charge in [-0.3, -0.25) is 0 Å². The summed E-state index contributed by atoms with van der Waals surface area (Å²) in [6.45, 7) is 9.42. The summed E-state index contributed by atoms with van der Waals surface area (Å²) in [6.07, 6.45) is 11.0. The predicted octanol–water partition coefficient (Wildman–Crippen LogP) is 3.90. The number of hydrogen-bond donors (Lipinski definition) is 1. The van der Waals surface area contributed by atoms with Crippen molar-refractivity contribution in [2.75, 3.05) is 6.54 Å². The molecule has 0 spiro atoms. The molecule has 1 unspecified atom stereocenters. The second-order valence-corrected chi connectivity index (χ2v) is 4.01. The monoisotopic (exact) mass is 197 g/mol. The maximum atomic E-state index is 3.76. The molecule has 0 aliphatic carbocycles. The van der Waals surface area contributed by atoms with Crippen LogP contribution in [0.5, 0.6) is 0 Å². The average molecular weight is 197 g/mol. The maximum Gasteiger partial charge on any atom is 0.00671 e. The van der Waals surface area contributed by atoms with E-state index in [0.29, 0.717) is 0 Å². The summed E-state index contributed by atoms with van der Waals surface area (Å²) in [4.78, 5) is 0. The van der Waals surface area contributed by atoms with Gasteiger partial charge < -0.3 is 5.32 Å². The molecule has 0 aliphatic heterocycles. The minimum atomic E-state index is 0.745. The van der Waals surface area contributed by atoms with Crippen LogP contribution in [0.25, 0.3) is 0 Å². The van der Waals surface area contributed by atoms with E-state index in [4.69, 9.17) is 0 Å². The summed E-state index contributed by atoms with van der Waals surface area (Å²) in [7, 11) is 0. The SMILES string of the molecule is C=CCCCC(CCCC)NCCC. The Morgan fingerprint density at radius 2 is 1.86 bits per heavy atom. The van der Waals surface area contributed by atoms with E-state index in [0.717, 1.165) is 12.5 Å². The molecular formula is C13H27N. The molecule has 84 valence electrons. The molecule has 0 rings (SSSR count). The van der Waals surface area contributed by atoms with Crippen LogP contribution >= 0.6 is 0 Å². The standard InChI is InChI=1S/C13H27N/c1-4-7-9-11-13(10-8-5-2)14-12-6-3/h4,13-14H,1,5-12H2,2-3H3. The zero-order valence-corrected chi connectivity index (χ0v) is 10.0. The highest BCUT2D eigenvalue weighted by molar-refractivity contribution is 4.71. The third-order valence-electron chi connectivity index (χ3n) is 2.55. The maximum absolute atomic E-state index is 3.76. The lowest BCUT2D eigenvalue weighted by molar-refractivity contribution is 0.430. The predicted molar refractivity (Wildman–Crippen MR) is 65.7 cm³/mol. The Balaban J connectivity index is 3.54. The second kappa shape index (κ2) is 10.8. The molecular weight excluding hydrogens is 170 g/mol. The Morgan fingerprint density at radius 1 is 1.14 bits per heavy atom. The summed E-state index contributed by atoms with van der Waals surface area (Å²) >= 11 is 0. The lowest BCUT2D eigenvalue weighted by atomic mass is 10.0. The molecule has 1 N–H and O–H groups in total. The van der Waals surface area contributed by atoms with Gasteiger partial charge in [-0.2, -0.15) is 0 Å². The van der Waals surface area contributed by atoms with Gasteiger partial charge in [0.2, 0.25) is 0 Å². The van der Waals surface area contributed by atoms with Gasteiger partial charge >= 0.3 is 0 Å². The highest BCUT2D eigenvalue weighted by atomic mass is 14.9. The zero-order valence-electron chi connectivity index (χ0n) is 10.0. The van der Waals surface area contributed by atoms with Gasteiger partial charge in [0.25, 0.3) is 0 Å². The van der Waals surface area contributed by atoms with Gasteiger partial charge in [-0.25, -0.2) is 0 Å². The average Bonchev–Trinajstić information content (AvgIpc) is 2.21. The van der Waals surface area contributed by atoms with Crippen molar-refractivity contribution in [2.24, 2.45) is 0 Å². The minimum Gasteiger partial charge on any atom is -0.314 e. The molecule has 1 heteroatoms. The van der Waals surface area contributed by atoms with Crippen LogP contribution in [0.3, 0.4) is 0 Å². The highest BCUT2D eigenvalue weighted by Gasteiger charge is 2.05. The zero-order chi connectivity index (χ0) is 10.6. The van der Waals surface area contributed by atoms with Crippen LogP contribution in [0.15, 0.2) is 12.7 Å². The van der Waals surface area contributed by atoms with Crippen molar-refractivity contribution in [1.82, 2.24) is 5.32 Å². The molecule has 0 aromatic carbocycles. The van der Waals surface area contributed by atoms with E-state index < -0.39 is 0 Å². The minimum absolute atomic E-state index is 0.745. The fourth-order valence-electron chi connectivity index (χ4n) is 1.66. The first-order valence-corrected chi connectivity index (χ1v) is 6.19. The molecule has 0 saturated carbocycles. The molecule has 0 saturated heterocycles. The molecule has 1 atom stereocenters. The molecule has 14 heavy (non-hydrogen) atoms. The molecule has 1 nitrogen and oxygen atoms in total. The van der Waals surface area contributed by atoms with Gasteiger partial charge in [0, 0.05) is 6.04 Å². The smallest absolute Gasteiger partial charge is 0.00671 e. The van der Waals surface area contributed by atoms with Crippen molar-refractivity contribution in [2.45, 2.75) is 64.8 Å². The first-order chi connectivity index (χ1) is 6.85. The summed E-state index contributed by atoms with van der Waals surface area (Å²) in [5.74, 6) is 0. The molecule has 0 aromatic heterocycles. The molecule has 0 radical (unpaired) electrons. The number of nitrogens with one attached hydrogen (secondary N) is 1. The van der Waals surface area contributed by atoms with Gasteiger partial charge in [-0.1, -0.05) is 32.8 Å². The van der Waals surface area contributed by atoms with E-state index in [-0.39, 0.29) is 0 Å². The Labute approximate surface area is 90.0 Å². The first-order valence-electron chi connectivity index (χ1n) is 6.19. The molecule has 0 fully saturated rings. The van der Waals surface area contributed by atoms with E-state index in [1.807, 2.05) is 6.08 Å². The fourth-order valence-corrected chi connectivity index (χ4v) is 1.66. The summed E-state index contributed by atoms with van der Waals surface area (Å²) in [6, 6.07) is 0.745. The van der Waals surface area contributed by atoms with Crippen molar-refractivity contribution in [1.29, 1.82) is 0 Å². The van der Waals surface area contributed by atoms with Crippen LogP contribution < -0.4 is 5.32 Å². The van der Waals surface area contributed by atoms with E-state index in [1.54, 1.807) is 0 Å². The molecule has 0 aromatic rings. The molecule has 0 aliphatic rings. The highest BCUT2D eigenvalue weighted by Crippen LogP contribution is 2.08. The summed E-state index contributed by atoms with van der Waals surface area (Å²) in [5, 5.41) is 3.63. The second-order valence-electron chi connectivity index (χ2n) is 4.01. The first kappa shape index (κ1) is 13.7. The van der Waals surface area contributed by atoms with Crippen LogP contribution in [0, 0.1) is 0 Å². The van der Waals surface area contributed by atoms with Crippen molar-refractivity contribution >= 4 is 0 Å². The van der Waals surface area contributed by atoms with E-state index in [2.05, 4.69) is 25.7 Å². The van der Waals surface area contributed by atoms with Crippen LogP contribution in [0.1, 0.15) is 58.8 Å². The normalized spacial score (nSPS) is 12.7. The van der Waals surface area contributed by atoms with Gasteiger partial charge in [0.15, 0.2) is 0 Å². The Hall–Kier alpha value is -0.300. The quantitative estimate of drug-likeness (QED) is 0.414. The Morgan fingerprint density at radius 3 is 2.43 bits per heavy atom. The largest absolute Gasteiger partial charge is 0.314 e. The molecule has 0 heterocycles. The van der Waals surface area contributed by atoms with Gasteiger partial charge in [-0.05, 0) is 38.6 Å². The van der Waals surface area contributed by atoms with Crippen molar-refractivity contribution in [3.05, 3.63) is 12.7 Å². The third kappa shape index (κ3) is 8.31. The Bertz CT molecular complexity index is 112. The van der Waals surface area contributed by atoms with Gasteiger partial charge in [-0.15, -0.1) is 6.58 Å². The van der Waals surface area contributed by atoms with Crippen LogP contribution in [0.2, 0.25) is 0 Å². The van der Waals surface area contributed by atoms with Crippen LogP contribution in [-0.2, 0) is 0 Å². The van der Waals surface area contributed by atoms with Gasteiger partial charge in [0.1, 0.15) is 0 Å². The summed E-state index contributed by atoms with van der Waals surface area (Å²) < 4.78 is 0. The van der Waals surface area contributed by atoms with E-state index in [9.17, 15) is 0 Å². The summed E-state index contributed by atoms with van der Waals surface area (Å²) in [5.41, 5.74) is 0. The third-order valence-corrected chi connectivity index (χ3v) is 2.55. The van der Waals surface area contributed by atoms with Crippen LogP contribution in [0.4, 0.5) is 0 Å². The lowest BCUT2D eigenvalue weighted by Crippen LogP contribution is -2.29. The van der Waals surface area contributed by atoms with Crippen LogP contribution in [-0.4, -0.2) is 12.6 Å². The molecule has 0 amide bonds. The number of allylic oxidation sites excluding steroid dienone is 1. The Kier molecular flexibility index (Phi) is 10.5. The number of unbranched alkanes of at least 4 members (excludes halogenated alkanes) is 2. The van der Waals surface area contributed by atoms with Crippen molar-refractivity contribution < 1.29 is 0 Å². The number of rotatable bonds is 10. The fraction of sp³-hybridized carbons (Fsp3) is 0.846. The number of hydrogen-bond acceptors (Lipinski definition) is 1. The lowest BCUT2D eigenvalue weighted by Gasteiger charge is -2.17.